The van der Waals surface area contributed by atoms with E-state index in [2.05, 4.69) is 13.2 Å². The van der Waals surface area contributed by atoms with Crippen molar-refractivity contribution in [2.24, 2.45) is 11.8 Å². The van der Waals surface area contributed by atoms with Crippen LogP contribution in [0.3, 0.4) is 0 Å². The Morgan fingerprint density at radius 2 is 1.69 bits per heavy atom. The zero-order chi connectivity index (χ0) is 30.2. The number of fused-ring (bicyclic) bond motifs is 1. The third-order valence-corrected chi connectivity index (χ3v) is 9.28. The molecule has 3 aliphatic heterocycles. The molecule has 8 heteroatoms. The molecule has 8 nitrogen and oxygen atoms in total. The van der Waals surface area contributed by atoms with Gasteiger partial charge in [0.05, 0.1) is 24.0 Å². The standard InChI is InChI=1S/C34H41N3O5/c1-6-18-35(22-25-14-9-8-10-15-25)30(39)26-27-31(40)37(20-21-38)29(34(27)17-16-33(26,5)42-34)32(41)36(19-7-2)28-23(3)12-11-13-24(28)4/h6-15,26-27,29,38H,1-2,16-22H2,3-5H3/t26-,27+,29?,33+,34?/m1/s1. The van der Waals surface area contributed by atoms with Crippen LogP contribution in [0.1, 0.15) is 36.5 Å². The van der Waals surface area contributed by atoms with E-state index in [0.717, 1.165) is 22.4 Å². The molecule has 3 amide bonds. The quantitative estimate of drug-likeness (QED) is 0.415. The molecule has 0 saturated carbocycles. The van der Waals surface area contributed by atoms with Crippen LogP contribution in [0.4, 0.5) is 5.69 Å². The number of aliphatic hydroxyl groups excluding tert-OH is 1. The van der Waals surface area contributed by atoms with Gasteiger partial charge in [-0.1, -0.05) is 60.7 Å². The zero-order valence-electron chi connectivity index (χ0n) is 24.8. The molecular weight excluding hydrogens is 530 g/mol. The Balaban J connectivity index is 1.57. The molecule has 3 aliphatic rings. The van der Waals surface area contributed by atoms with E-state index < -0.39 is 29.1 Å². The number of likely N-dealkylation sites (tertiary alicyclic amines) is 1. The topological polar surface area (TPSA) is 90.4 Å². The summed E-state index contributed by atoms with van der Waals surface area (Å²) in [6.45, 7) is 14.1. The SMILES string of the molecule is C=CCN(Cc1ccccc1)C(=O)[C@H]1[C@H]2C(=O)N(CCO)C(C(=O)N(CC=C)c3c(C)cccc3C)C23CC[C@]1(C)O3. The Bertz CT molecular complexity index is 1370. The van der Waals surface area contributed by atoms with Crippen LogP contribution in [0.5, 0.6) is 0 Å². The third-order valence-electron chi connectivity index (χ3n) is 9.28. The summed E-state index contributed by atoms with van der Waals surface area (Å²) in [4.78, 5) is 48.2. The molecule has 3 saturated heterocycles. The molecule has 5 atom stereocenters. The smallest absolute Gasteiger partial charge is 0.253 e. The fourth-order valence-electron chi connectivity index (χ4n) is 7.62. The van der Waals surface area contributed by atoms with Gasteiger partial charge in [0.15, 0.2) is 0 Å². The van der Waals surface area contributed by atoms with Crippen molar-refractivity contribution >= 4 is 23.4 Å². The van der Waals surface area contributed by atoms with Crippen LogP contribution in [0.15, 0.2) is 73.8 Å². The molecule has 0 aliphatic carbocycles. The van der Waals surface area contributed by atoms with Crippen molar-refractivity contribution in [2.75, 3.05) is 31.1 Å². The maximum atomic E-state index is 14.7. The van der Waals surface area contributed by atoms with Crippen molar-refractivity contribution in [1.29, 1.82) is 0 Å². The third kappa shape index (κ3) is 4.67. The van der Waals surface area contributed by atoms with Gasteiger partial charge in [-0.3, -0.25) is 14.4 Å². The molecule has 42 heavy (non-hydrogen) atoms. The van der Waals surface area contributed by atoms with Gasteiger partial charge in [-0.2, -0.15) is 0 Å². The van der Waals surface area contributed by atoms with E-state index in [0.29, 0.717) is 25.9 Å². The number of hydrogen-bond acceptors (Lipinski definition) is 5. The van der Waals surface area contributed by atoms with Crippen LogP contribution < -0.4 is 4.90 Å². The number of β-amino-alcohol motifs (C(OH)–C–C–N with tert-alkyl or cyclic N) is 1. The molecule has 222 valence electrons. The maximum absolute atomic E-state index is 14.7. The molecule has 3 fully saturated rings. The van der Waals surface area contributed by atoms with Crippen molar-refractivity contribution in [3.63, 3.8) is 0 Å². The van der Waals surface area contributed by atoms with Gasteiger partial charge in [-0.25, -0.2) is 0 Å². The number of aryl methyl sites for hydroxylation is 2. The molecule has 2 aromatic carbocycles. The summed E-state index contributed by atoms with van der Waals surface area (Å²) in [6, 6.07) is 14.6. The summed E-state index contributed by atoms with van der Waals surface area (Å²) >= 11 is 0. The minimum Gasteiger partial charge on any atom is -0.395 e. The lowest BCUT2D eigenvalue weighted by Gasteiger charge is -2.37. The predicted molar refractivity (Wildman–Crippen MR) is 162 cm³/mol. The van der Waals surface area contributed by atoms with Crippen LogP contribution in [0.25, 0.3) is 0 Å². The summed E-state index contributed by atoms with van der Waals surface area (Å²) < 4.78 is 6.80. The first-order valence-corrected chi connectivity index (χ1v) is 14.7. The number of anilines is 1. The summed E-state index contributed by atoms with van der Waals surface area (Å²) in [5.41, 5.74) is 1.51. The van der Waals surface area contributed by atoms with Crippen molar-refractivity contribution in [3.05, 3.63) is 90.5 Å². The van der Waals surface area contributed by atoms with E-state index in [4.69, 9.17) is 4.74 Å². The Morgan fingerprint density at radius 3 is 2.31 bits per heavy atom. The van der Waals surface area contributed by atoms with Crippen molar-refractivity contribution in [1.82, 2.24) is 9.80 Å². The van der Waals surface area contributed by atoms with E-state index in [1.165, 1.54) is 4.90 Å². The van der Waals surface area contributed by atoms with E-state index in [9.17, 15) is 19.5 Å². The Kier molecular flexibility index (Phi) is 8.14. The minimum atomic E-state index is -1.18. The van der Waals surface area contributed by atoms with Crippen LogP contribution in [0, 0.1) is 25.7 Å². The first-order chi connectivity index (χ1) is 20.1. The van der Waals surface area contributed by atoms with E-state index >= 15 is 0 Å². The highest BCUT2D eigenvalue weighted by molar-refractivity contribution is 6.05. The molecule has 0 radical (unpaired) electrons. The molecule has 1 N–H and O–H groups in total. The van der Waals surface area contributed by atoms with Gasteiger partial charge in [-0.05, 0) is 50.3 Å². The molecule has 2 bridgehead atoms. The maximum Gasteiger partial charge on any atom is 0.253 e. The summed E-state index contributed by atoms with van der Waals surface area (Å²) in [5.74, 6) is -2.40. The summed E-state index contributed by atoms with van der Waals surface area (Å²) in [5, 5.41) is 10.0. The van der Waals surface area contributed by atoms with Gasteiger partial charge in [-0.15, -0.1) is 13.2 Å². The highest BCUT2D eigenvalue weighted by Gasteiger charge is 2.78. The van der Waals surface area contributed by atoms with Gasteiger partial charge in [0.1, 0.15) is 11.6 Å². The number of hydrogen-bond donors (Lipinski definition) is 1. The number of ether oxygens (including phenoxy) is 1. The number of amides is 3. The van der Waals surface area contributed by atoms with E-state index in [1.54, 1.807) is 22.0 Å². The second-order valence-electron chi connectivity index (χ2n) is 12.0. The second-order valence-corrected chi connectivity index (χ2v) is 12.0. The molecule has 5 rings (SSSR count). The van der Waals surface area contributed by atoms with Gasteiger partial charge in [0.25, 0.3) is 5.91 Å². The lowest BCUT2D eigenvalue weighted by atomic mass is 9.66. The van der Waals surface area contributed by atoms with Gasteiger partial charge in [0, 0.05) is 31.9 Å². The number of rotatable bonds is 11. The van der Waals surface area contributed by atoms with Crippen LogP contribution in [-0.4, -0.2) is 76.1 Å². The molecule has 3 heterocycles. The average Bonchev–Trinajstić information content (AvgIpc) is 3.53. The van der Waals surface area contributed by atoms with Crippen LogP contribution in [0.2, 0.25) is 0 Å². The highest BCUT2D eigenvalue weighted by atomic mass is 16.5. The summed E-state index contributed by atoms with van der Waals surface area (Å²) in [7, 11) is 0. The van der Waals surface area contributed by atoms with Crippen molar-refractivity contribution < 1.29 is 24.2 Å². The Hall–Kier alpha value is -3.75. The number of para-hydroxylation sites is 1. The predicted octanol–water partition coefficient (Wildman–Crippen LogP) is 3.79. The normalized spacial score (nSPS) is 27.6. The second kappa shape index (κ2) is 11.5. The largest absolute Gasteiger partial charge is 0.395 e. The summed E-state index contributed by atoms with van der Waals surface area (Å²) in [6.07, 6.45) is 4.37. The lowest BCUT2D eigenvalue weighted by molar-refractivity contribution is -0.150. The molecular formula is C34H41N3O5. The Morgan fingerprint density at radius 1 is 1.02 bits per heavy atom. The lowest BCUT2D eigenvalue weighted by Crippen LogP contribution is -2.57. The fraction of sp³-hybridized carbons (Fsp3) is 0.441. The number of benzene rings is 2. The average molecular weight is 572 g/mol. The number of aliphatic hydroxyl groups is 1. The van der Waals surface area contributed by atoms with Gasteiger partial charge < -0.3 is 24.5 Å². The zero-order valence-corrected chi connectivity index (χ0v) is 24.8. The molecule has 2 unspecified atom stereocenters. The number of nitrogens with zero attached hydrogens (tertiary/aromatic N) is 3. The van der Waals surface area contributed by atoms with Gasteiger partial charge >= 0.3 is 0 Å². The molecule has 2 aromatic rings. The Labute approximate surface area is 248 Å². The van der Waals surface area contributed by atoms with Gasteiger partial charge in [0.2, 0.25) is 11.8 Å². The number of carbonyl (C=O) groups excluding carboxylic acids is 3. The first-order valence-electron chi connectivity index (χ1n) is 14.7. The first kappa shape index (κ1) is 29.7. The van der Waals surface area contributed by atoms with Crippen LogP contribution >= 0.6 is 0 Å². The monoisotopic (exact) mass is 571 g/mol. The molecule has 1 spiro atoms. The van der Waals surface area contributed by atoms with Crippen LogP contribution in [-0.2, 0) is 25.7 Å². The van der Waals surface area contributed by atoms with E-state index in [-0.39, 0.29) is 37.4 Å². The minimum absolute atomic E-state index is 0.0243. The molecule has 0 aromatic heterocycles. The fourth-order valence-corrected chi connectivity index (χ4v) is 7.62. The van der Waals surface area contributed by atoms with Crippen molar-refractivity contribution in [3.8, 4) is 0 Å². The number of carbonyl (C=O) groups is 3. The highest BCUT2D eigenvalue weighted by Crippen LogP contribution is 2.63. The van der Waals surface area contributed by atoms with E-state index in [1.807, 2.05) is 69.3 Å². The van der Waals surface area contributed by atoms with Crippen molar-refractivity contribution in [2.45, 2.75) is 57.4 Å².